The molecule has 0 spiro atoms. The first kappa shape index (κ1) is 12.5. The maximum absolute atomic E-state index is 3.76. The molecule has 1 aromatic rings. The predicted octanol–water partition coefficient (Wildman–Crippen LogP) is 4.83. The Kier molecular flexibility index (Phi) is 4.47. The lowest BCUT2D eigenvalue weighted by Crippen LogP contribution is -2.21. The van der Waals surface area contributed by atoms with E-state index in [1.165, 1.54) is 61.8 Å². The summed E-state index contributed by atoms with van der Waals surface area (Å²) in [6.07, 6.45) is 9.75. The third kappa shape index (κ3) is 3.49. The van der Waals surface area contributed by atoms with Gasteiger partial charge in [0.2, 0.25) is 0 Å². The monoisotopic (exact) mass is 231 g/mol. The summed E-state index contributed by atoms with van der Waals surface area (Å²) in [6, 6.07) is 7.27. The van der Waals surface area contributed by atoms with Gasteiger partial charge in [-0.3, -0.25) is 0 Å². The Morgan fingerprint density at radius 1 is 0.941 bits per heavy atom. The van der Waals surface area contributed by atoms with Gasteiger partial charge in [0.15, 0.2) is 0 Å². The van der Waals surface area contributed by atoms with Gasteiger partial charge in [0, 0.05) is 11.7 Å². The Bertz CT molecular complexity index is 349. The van der Waals surface area contributed by atoms with Crippen LogP contribution in [0, 0.1) is 13.8 Å². The van der Waals surface area contributed by atoms with E-state index in [-0.39, 0.29) is 0 Å². The summed E-state index contributed by atoms with van der Waals surface area (Å²) in [5.74, 6) is 0. The van der Waals surface area contributed by atoms with Gasteiger partial charge in [0.05, 0.1) is 0 Å². The third-order valence-electron chi connectivity index (χ3n) is 4.07. The number of hydrogen-bond donors (Lipinski definition) is 1. The minimum absolute atomic E-state index is 0.691. The molecule has 0 bridgehead atoms. The Morgan fingerprint density at radius 3 is 2.29 bits per heavy atom. The average Bonchev–Trinajstić information content (AvgIpc) is 2.28. The molecule has 1 aliphatic carbocycles. The molecular formula is C16H25N. The van der Waals surface area contributed by atoms with E-state index >= 15 is 0 Å². The van der Waals surface area contributed by atoms with E-state index in [1.807, 2.05) is 0 Å². The first-order chi connectivity index (χ1) is 8.27. The number of nitrogens with one attached hydrogen (secondary N) is 1. The Balaban J connectivity index is 2.00. The molecule has 1 heteroatoms. The van der Waals surface area contributed by atoms with Crippen LogP contribution in [0.4, 0.5) is 5.69 Å². The smallest absolute Gasteiger partial charge is 0.0374 e. The second kappa shape index (κ2) is 6.09. The molecule has 1 nitrogen and oxygen atoms in total. The summed E-state index contributed by atoms with van der Waals surface area (Å²) in [4.78, 5) is 0. The molecule has 1 saturated carbocycles. The zero-order valence-electron chi connectivity index (χ0n) is 11.3. The molecule has 0 saturated heterocycles. The lowest BCUT2D eigenvalue weighted by Gasteiger charge is -2.23. The van der Waals surface area contributed by atoms with E-state index in [2.05, 4.69) is 37.4 Å². The lowest BCUT2D eigenvalue weighted by atomic mass is 9.96. The maximum atomic E-state index is 3.76. The number of aryl methyl sites for hydroxylation is 1. The largest absolute Gasteiger partial charge is 0.382 e. The first-order valence-electron chi connectivity index (χ1n) is 7.10. The lowest BCUT2D eigenvalue weighted by molar-refractivity contribution is 0.471. The molecule has 0 aromatic heterocycles. The fourth-order valence-electron chi connectivity index (χ4n) is 2.73. The van der Waals surface area contributed by atoms with E-state index in [9.17, 15) is 0 Å². The van der Waals surface area contributed by atoms with E-state index in [0.717, 1.165) is 0 Å². The Hall–Kier alpha value is -0.980. The highest BCUT2D eigenvalue weighted by atomic mass is 14.9. The molecule has 2 rings (SSSR count). The third-order valence-corrected chi connectivity index (χ3v) is 4.07. The highest BCUT2D eigenvalue weighted by Gasteiger charge is 2.12. The minimum Gasteiger partial charge on any atom is -0.382 e. The first-order valence-corrected chi connectivity index (χ1v) is 7.10. The molecule has 0 aliphatic heterocycles. The van der Waals surface area contributed by atoms with Crippen LogP contribution in [-0.4, -0.2) is 6.04 Å². The maximum Gasteiger partial charge on any atom is 0.0374 e. The Labute approximate surface area is 106 Å². The van der Waals surface area contributed by atoms with Crippen molar-refractivity contribution >= 4 is 5.69 Å². The molecule has 17 heavy (non-hydrogen) atoms. The second-order valence-corrected chi connectivity index (χ2v) is 5.43. The molecule has 1 fully saturated rings. The van der Waals surface area contributed by atoms with Gasteiger partial charge >= 0.3 is 0 Å². The van der Waals surface area contributed by atoms with E-state index in [4.69, 9.17) is 0 Å². The van der Waals surface area contributed by atoms with Gasteiger partial charge in [-0.05, 0) is 43.9 Å². The molecule has 0 heterocycles. The van der Waals surface area contributed by atoms with Crippen molar-refractivity contribution < 1.29 is 0 Å². The van der Waals surface area contributed by atoms with Crippen LogP contribution in [-0.2, 0) is 0 Å². The van der Waals surface area contributed by atoms with Crippen LogP contribution in [0.25, 0.3) is 0 Å². The van der Waals surface area contributed by atoms with Crippen molar-refractivity contribution in [1.82, 2.24) is 0 Å². The van der Waals surface area contributed by atoms with Gasteiger partial charge in [0.25, 0.3) is 0 Å². The molecule has 1 aliphatic rings. The topological polar surface area (TPSA) is 12.0 Å². The highest BCUT2D eigenvalue weighted by Crippen LogP contribution is 2.24. The van der Waals surface area contributed by atoms with Crippen LogP contribution in [0.5, 0.6) is 0 Å². The molecule has 1 N–H and O–H groups in total. The van der Waals surface area contributed by atoms with E-state index in [1.54, 1.807) is 0 Å². The molecular weight excluding hydrogens is 206 g/mol. The number of rotatable bonds is 2. The summed E-state index contributed by atoms with van der Waals surface area (Å²) >= 11 is 0. The van der Waals surface area contributed by atoms with Gasteiger partial charge in [-0.1, -0.05) is 44.2 Å². The van der Waals surface area contributed by atoms with Gasteiger partial charge < -0.3 is 5.32 Å². The standard InChI is InChI=1S/C16H25N/c1-13-9-8-12-16(14(13)2)17-15-10-6-4-3-5-7-11-15/h8-9,12,15,17H,3-7,10-11H2,1-2H3. The zero-order chi connectivity index (χ0) is 12.1. The van der Waals surface area contributed by atoms with Crippen molar-refractivity contribution in [3.05, 3.63) is 29.3 Å². The fraction of sp³-hybridized carbons (Fsp3) is 0.625. The minimum atomic E-state index is 0.691. The summed E-state index contributed by atoms with van der Waals surface area (Å²) in [6.45, 7) is 4.42. The van der Waals surface area contributed by atoms with Crippen LogP contribution in [0.15, 0.2) is 18.2 Å². The molecule has 0 amide bonds. The quantitative estimate of drug-likeness (QED) is 0.769. The van der Waals surface area contributed by atoms with Crippen molar-refractivity contribution in [2.75, 3.05) is 5.32 Å². The predicted molar refractivity (Wildman–Crippen MR) is 75.6 cm³/mol. The Morgan fingerprint density at radius 2 is 1.59 bits per heavy atom. The number of hydrogen-bond acceptors (Lipinski definition) is 1. The zero-order valence-corrected chi connectivity index (χ0v) is 11.3. The number of benzene rings is 1. The molecule has 0 atom stereocenters. The molecule has 1 aromatic carbocycles. The molecule has 0 radical (unpaired) electrons. The second-order valence-electron chi connectivity index (χ2n) is 5.43. The van der Waals surface area contributed by atoms with Crippen LogP contribution in [0.2, 0.25) is 0 Å². The summed E-state index contributed by atoms with van der Waals surface area (Å²) in [7, 11) is 0. The van der Waals surface area contributed by atoms with Crippen LogP contribution in [0.1, 0.15) is 56.1 Å². The van der Waals surface area contributed by atoms with Crippen molar-refractivity contribution in [3.63, 3.8) is 0 Å². The van der Waals surface area contributed by atoms with Gasteiger partial charge in [-0.2, -0.15) is 0 Å². The number of anilines is 1. The van der Waals surface area contributed by atoms with Crippen molar-refractivity contribution in [2.45, 2.75) is 64.8 Å². The highest BCUT2D eigenvalue weighted by molar-refractivity contribution is 5.54. The normalized spacial score (nSPS) is 18.5. The van der Waals surface area contributed by atoms with Crippen molar-refractivity contribution in [1.29, 1.82) is 0 Å². The summed E-state index contributed by atoms with van der Waals surface area (Å²) < 4.78 is 0. The summed E-state index contributed by atoms with van der Waals surface area (Å²) in [5.41, 5.74) is 4.14. The van der Waals surface area contributed by atoms with Gasteiger partial charge in [-0.25, -0.2) is 0 Å². The van der Waals surface area contributed by atoms with Crippen molar-refractivity contribution in [2.24, 2.45) is 0 Å². The average molecular weight is 231 g/mol. The fourth-order valence-corrected chi connectivity index (χ4v) is 2.73. The SMILES string of the molecule is Cc1cccc(NC2CCCCCCC2)c1C. The van der Waals surface area contributed by atoms with Crippen molar-refractivity contribution in [3.8, 4) is 0 Å². The van der Waals surface area contributed by atoms with Crippen LogP contribution < -0.4 is 5.32 Å². The van der Waals surface area contributed by atoms with E-state index in [0.29, 0.717) is 6.04 Å². The van der Waals surface area contributed by atoms with Gasteiger partial charge in [0.1, 0.15) is 0 Å². The molecule has 0 unspecified atom stereocenters. The van der Waals surface area contributed by atoms with Crippen LogP contribution in [0.3, 0.4) is 0 Å². The summed E-state index contributed by atoms with van der Waals surface area (Å²) in [5, 5.41) is 3.76. The van der Waals surface area contributed by atoms with Crippen LogP contribution >= 0.6 is 0 Å². The van der Waals surface area contributed by atoms with Gasteiger partial charge in [-0.15, -0.1) is 0 Å². The van der Waals surface area contributed by atoms with E-state index < -0.39 is 0 Å². The molecule has 94 valence electrons.